The van der Waals surface area contributed by atoms with Gasteiger partial charge in [-0.2, -0.15) is 10.2 Å². The monoisotopic (exact) mass is 742 g/mol. The van der Waals surface area contributed by atoms with Crippen molar-refractivity contribution in [1.82, 2.24) is 39.2 Å². The van der Waals surface area contributed by atoms with Crippen molar-refractivity contribution in [3.05, 3.63) is 59.4 Å². The summed E-state index contributed by atoms with van der Waals surface area (Å²) in [5, 5.41) is 11.7. The van der Waals surface area contributed by atoms with Crippen LogP contribution in [-0.2, 0) is 29.0 Å². The number of aromatic nitrogens is 4. The molecule has 2 amide bonds. The van der Waals surface area contributed by atoms with Gasteiger partial charge in [0.1, 0.15) is 11.2 Å². The fourth-order valence-corrected chi connectivity index (χ4v) is 7.93. The lowest BCUT2D eigenvalue weighted by molar-refractivity contribution is -0.000476. The number of fused-ring (bicyclic) bond motifs is 2. The summed E-state index contributed by atoms with van der Waals surface area (Å²) in [5.41, 5.74) is 3.78. The molecule has 12 heteroatoms. The maximum Gasteiger partial charge on any atom is 0.410 e. The van der Waals surface area contributed by atoms with Gasteiger partial charge in [0, 0.05) is 49.6 Å². The zero-order chi connectivity index (χ0) is 38.8. The SMILES string of the molecule is CN(C)CCn1cc2cc([C@@H]3CCCCN3C(=O)OC(C)(C)C)c(CC(C)(C)OC(=O)N3CCCC[C@H]3c3ccc4c(cnn4CCN(C)C)c3)cc2n1. The second-order valence-corrected chi connectivity index (χ2v) is 17.5. The number of hydrogen-bond donors (Lipinski definition) is 0. The number of piperidine rings is 2. The maximum absolute atomic E-state index is 14.2. The molecule has 0 unspecified atom stereocenters. The Bertz CT molecular complexity index is 1920. The highest BCUT2D eigenvalue weighted by atomic mass is 16.6. The van der Waals surface area contributed by atoms with Gasteiger partial charge in [-0.25, -0.2) is 9.59 Å². The number of amides is 2. The molecule has 54 heavy (non-hydrogen) atoms. The molecule has 0 spiro atoms. The molecule has 0 radical (unpaired) electrons. The van der Waals surface area contributed by atoms with Gasteiger partial charge in [-0.1, -0.05) is 6.07 Å². The van der Waals surface area contributed by atoms with E-state index in [1.807, 2.05) is 55.3 Å². The molecule has 2 atom stereocenters. The number of likely N-dealkylation sites (N-methyl/N-ethyl adjacent to an activating group) is 2. The molecule has 2 aliphatic rings. The van der Waals surface area contributed by atoms with Gasteiger partial charge in [0.25, 0.3) is 0 Å². The van der Waals surface area contributed by atoms with E-state index in [1.165, 1.54) is 0 Å². The van der Waals surface area contributed by atoms with Crippen LogP contribution in [0.3, 0.4) is 0 Å². The lowest BCUT2D eigenvalue weighted by Crippen LogP contribution is -2.44. The zero-order valence-electron chi connectivity index (χ0n) is 34.1. The number of hydrogen-bond acceptors (Lipinski definition) is 8. The van der Waals surface area contributed by atoms with Gasteiger partial charge in [0.2, 0.25) is 0 Å². The van der Waals surface area contributed by atoms with E-state index in [1.54, 1.807) is 0 Å². The molecule has 2 fully saturated rings. The quantitative estimate of drug-likeness (QED) is 0.155. The number of carbonyl (C=O) groups excluding carboxylic acids is 2. The van der Waals surface area contributed by atoms with Crippen molar-refractivity contribution >= 4 is 34.0 Å². The van der Waals surface area contributed by atoms with E-state index in [-0.39, 0.29) is 24.3 Å². The highest BCUT2D eigenvalue weighted by Crippen LogP contribution is 2.39. The van der Waals surface area contributed by atoms with Crippen LogP contribution in [0.1, 0.15) is 102 Å². The molecule has 0 N–H and O–H groups in total. The summed E-state index contributed by atoms with van der Waals surface area (Å²) in [4.78, 5) is 35.9. The summed E-state index contributed by atoms with van der Waals surface area (Å²) in [5.74, 6) is 0. The van der Waals surface area contributed by atoms with E-state index in [2.05, 4.69) is 84.3 Å². The number of ether oxygens (including phenoxy) is 2. The highest BCUT2D eigenvalue weighted by molar-refractivity contribution is 5.81. The van der Waals surface area contributed by atoms with Crippen molar-refractivity contribution in [1.29, 1.82) is 0 Å². The minimum Gasteiger partial charge on any atom is -0.444 e. The molecule has 2 saturated heterocycles. The molecule has 0 bridgehead atoms. The zero-order valence-corrected chi connectivity index (χ0v) is 34.1. The van der Waals surface area contributed by atoms with Gasteiger partial charge in [-0.05, 0) is 142 Å². The summed E-state index contributed by atoms with van der Waals surface area (Å²) in [6, 6.07) is 10.6. The summed E-state index contributed by atoms with van der Waals surface area (Å²) < 4.78 is 16.4. The lowest BCUT2D eigenvalue weighted by Gasteiger charge is -2.39. The third kappa shape index (κ3) is 9.55. The Labute approximate surface area is 321 Å². The molecular weight excluding hydrogens is 681 g/mol. The Morgan fingerprint density at radius 3 is 2.13 bits per heavy atom. The fourth-order valence-electron chi connectivity index (χ4n) is 7.93. The third-order valence-corrected chi connectivity index (χ3v) is 10.6. The Morgan fingerprint density at radius 1 is 0.796 bits per heavy atom. The minimum absolute atomic E-state index is 0.0701. The predicted molar refractivity (Wildman–Crippen MR) is 214 cm³/mol. The van der Waals surface area contributed by atoms with Gasteiger partial charge >= 0.3 is 12.2 Å². The first-order valence-corrected chi connectivity index (χ1v) is 19.8. The Morgan fingerprint density at radius 2 is 1.44 bits per heavy atom. The first-order chi connectivity index (χ1) is 25.6. The van der Waals surface area contributed by atoms with Crippen molar-refractivity contribution in [3.63, 3.8) is 0 Å². The second-order valence-electron chi connectivity index (χ2n) is 17.5. The average molecular weight is 743 g/mol. The maximum atomic E-state index is 14.2. The molecule has 2 aliphatic heterocycles. The molecule has 294 valence electrons. The summed E-state index contributed by atoms with van der Waals surface area (Å²) in [6.07, 6.45) is 9.58. The van der Waals surface area contributed by atoms with Crippen LogP contribution in [0.4, 0.5) is 9.59 Å². The number of rotatable bonds is 11. The molecule has 2 aromatic heterocycles. The first kappa shape index (κ1) is 39.5. The largest absolute Gasteiger partial charge is 0.444 e. The molecule has 2 aromatic carbocycles. The van der Waals surface area contributed by atoms with Crippen LogP contribution in [0.15, 0.2) is 42.7 Å². The van der Waals surface area contributed by atoms with Crippen LogP contribution < -0.4 is 0 Å². The van der Waals surface area contributed by atoms with Crippen LogP contribution in [0.5, 0.6) is 0 Å². The van der Waals surface area contributed by atoms with Crippen molar-refractivity contribution < 1.29 is 19.1 Å². The normalized spacial score (nSPS) is 18.6. The second kappa shape index (κ2) is 16.3. The van der Waals surface area contributed by atoms with Crippen LogP contribution in [0.25, 0.3) is 21.8 Å². The van der Waals surface area contributed by atoms with Crippen LogP contribution in [0, 0.1) is 0 Å². The third-order valence-electron chi connectivity index (χ3n) is 10.6. The van der Waals surface area contributed by atoms with Gasteiger partial charge < -0.3 is 29.1 Å². The Hall–Kier alpha value is -4.16. The van der Waals surface area contributed by atoms with E-state index in [0.717, 1.165) is 103 Å². The molecule has 4 aromatic rings. The van der Waals surface area contributed by atoms with E-state index in [0.29, 0.717) is 19.5 Å². The Kier molecular flexibility index (Phi) is 11.9. The van der Waals surface area contributed by atoms with Crippen molar-refractivity contribution in [3.8, 4) is 0 Å². The molecule has 0 saturated carbocycles. The smallest absolute Gasteiger partial charge is 0.410 e. The molecule has 6 rings (SSSR count). The summed E-state index contributed by atoms with van der Waals surface area (Å²) >= 11 is 0. The average Bonchev–Trinajstić information content (AvgIpc) is 3.71. The number of benzene rings is 2. The van der Waals surface area contributed by atoms with Crippen LogP contribution in [0.2, 0.25) is 0 Å². The minimum atomic E-state index is -0.835. The highest BCUT2D eigenvalue weighted by Gasteiger charge is 2.37. The van der Waals surface area contributed by atoms with Gasteiger partial charge in [-0.15, -0.1) is 0 Å². The molecular formula is C42H62N8O4. The summed E-state index contributed by atoms with van der Waals surface area (Å²) in [7, 11) is 8.26. The van der Waals surface area contributed by atoms with E-state index < -0.39 is 11.2 Å². The Balaban J connectivity index is 1.26. The molecule has 0 aliphatic carbocycles. The van der Waals surface area contributed by atoms with E-state index in [4.69, 9.17) is 14.6 Å². The van der Waals surface area contributed by atoms with Crippen LogP contribution in [-0.4, -0.2) is 117 Å². The summed E-state index contributed by atoms with van der Waals surface area (Å²) in [6.45, 7) is 14.4. The van der Waals surface area contributed by atoms with Crippen molar-refractivity contribution in [2.45, 2.75) is 116 Å². The van der Waals surface area contributed by atoms with Crippen LogP contribution >= 0.6 is 0 Å². The fraction of sp³-hybridized carbons (Fsp3) is 0.619. The first-order valence-electron chi connectivity index (χ1n) is 19.8. The number of nitrogens with zero attached hydrogens (tertiary/aromatic N) is 8. The van der Waals surface area contributed by atoms with E-state index in [9.17, 15) is 9.59 Å². The molecule has 4 heterocycles. The standard InChI is InChI=1S/C42H62N8O4/c1-41(2,3)53-39(51)49-19-13-11-15-38(49)34-25-33-29-47(22-20-45(6)7)44-35(33)26-31(34)27-42(4,5)54-40(52)48-18-12-10-14-36(48)30-16-17-37-32(24-30)28-43-50(37)23-21-46(8)9/h16-17,24-26,28-29,36,38H,10-15,18-23,27H2,1-9H3/t36-,38-/m0/s1. The number of likely N-dealkylation sites (tertiary alicyclic amines) is 2. The predicted octanol–water partition coefficient (Wildman–Crippen LogP) is 7.66. The van der Waals surface area contributed by atoms with Crippen molar-refractivity contribution in [2.75, 3.05) is 54.4 Å². The van der Waals surface area contributed by atoms with E-state index >= 15 is 0 Å². The number of carbonyl (C=O) groups is 2. The van der Waals surface area contributed by atoms with Gasteiger partial charge in [0.15, 0.2) is 0 Å². The lowest BCUT2D eigenvalue weighted by atomic mass is 9.86. The molecule has 12 nitrogen and oxygen atoms in total. The van der Waals surface area contributed by atoms with Gasteiger partial charge in [0.05, 0.1) is 42.4 Å². The van der Waals surface area contributed by atoms with Gasteiger partial charge in [-0.3, -0.25) is 9.36 Å². The topological polar surface area (TPSA) is 101 Å². The van der Waals surface area contributed by atoms with Crippen molar-refractivity contribution in [2.24, 2.45) is 0 Å².